The normalized spacial score (nSPS) is 12.0. The molecule has 1 aromatic rings. The molecule has 0 saturated carbocycles. The minimum Gasteiger partial charge on any atom is -0.207 e. The predicted molar refractivity (Wildman–Crippen MR) is 62.8 cm³/mol. The zero-order chi connectivity index (χ0) is 11.5. The summed E-state index contributed by atoms with van der Waals surface area (Å²) in [4.78, 5) is 0.250. The molecule has 0 atom stereocenters. The molecule has 1 aromatic carbocycles. The van der Waals surface area contributed by atoms with Crippen LogP contribution in [0.3, 0.4) is 0 Å². The third-order valence-corrected chi connectivity index (χ3v) is 4.00. The zero-order valence-corrected chi connectivity index (χ0v) is 10.5. The van der Waals surface area contributed by atoms with Crippen LogP contribution in [-0.4, -0.2) is 8.42 Å². The minimum atomic E-state index is -3.63. The number of hydrogen-bond donors (Lipinski definition) is 0. The molecule has 0 spiro atoms. The van der Waals surface area contributed by atoms with Gasteiger partial charge in [-0.15, -0.1) is 0 Å². The average Bonchev–Trinajstić information content (AvgIpc) is 2.19. The Balaban J connectivity index is 3.29. The summed E-state index contributed by atoms with van der Waals surface area (Å²) in [5, 5.41) is 0. The Labute approximate surface area is 95.7 Å². The van der Waals surface area contributed by atoms with E-state index in [1.54, 1.807) is 12.1 Å². The SMILES string of the molecule is CCC(CC)c1ccccc1S(=O)(=O)Cl. The second-order valence-electron chi connectivity index (χ2n) is 3.49. The molecule has 0 N–H and O–H groups in total. The lowest BCUT2D eigenvalue weighted by atomic mass is 9.94. The van der Waals surface area contributed by atoms with Crippen LogP contribution < -0.4 is 0 Å². The van der Waals surface area contributed by atoms with Crippen molar-refractivity contribution in [3.63, 3.8) is 0 Å². The fourth-order valence-corrected chi connectivity index (χ4v) is 2.95. The van der Waals surface area contributed by atoms with Crippen LogP contribution in [0.1, 0.15) is 38.2 Å². The van der Waals surface area contributed by atoms with Crippen molar-refractivity contribution in [2.75, 3.05) is 0 Å². The van der Waals surface area contributed by atoms with Crippen molar-refractivity contribution in [1.82, 2.24) is 0 Å². The van der Waals surface area contributed by atoms with Crippen molar-refractivity contribution in [3.05, 3.63) is 29.8 Å². The molecule has 0 unspecified atom stereocenters. The van der Waals surface area contributed by atoms with Crippen LogP contribution in [0.2, 0.25) is 0 Å². The predicted octanol–water partition coefficient (Wildman–Crippen LogP) is 3.52. The van der Waals surface area contributed by atoms with E-state index in [0.717, 1.165) is 18.4 Å². The van der Waals surface area contributed by atoms with Crippen molar-refractivity contribution < 1.29 is 8.42 Å². The van der Waals surface area contributed by atoms with Gasteiger partial charge in [0.15, 0.2) is 0 Å². The molecule has 0 bridgehead atoms. The monoisotopic (exact) mass is 246 g/mol. The molecule has 0 aliphatic carbocycles. The van der Waals surface area contributed by atoms with Gasteiger partial charge in [0.1, 0.15) is 0 Å². The topological polar surface area (TPSA) is 34.1 Å². The van der Waals surface area contributed by atoms with E-state index < -0.39 is 9.05 Å². The van der Waals surface area contributed by atoms with E-state index in [9.17, 15) is 8.42 Å². The highest BCUT2D eigenvalue weighted by Gasteiger charge is 2.19. The van der Waals surface area contributed by atoms with Crippen molar-refractivity contribution in [1.29, 1.82) is 0 Å². The summed E-state index contributed by atoms with van der Waals surface area (Å²) >= 11 is 0. The molecule has 0 radical (unpaired) electrons. The molecule has 1 rings (SSSR count). The fraction of sp³-hybridized carbons (Fsp3) is 0.455. The molecule has 0 fully saturated rings. The maximum absolute atomic E-state index is 11.4. The van der Waals surface area contributed by atoms with Crippen LogP contribution in [0.4, 0.5) is 0 Å². The Bertz CT molecular complexity index is 422. The molecule has 0 aromatic heterocycles. The van der Waals surface area contributed by atoms with Gasteiger partial charge in [0.2, 0.25) is 0 Å². The highest BCUT2D eigenvalue weighted by molar-refractivity contribution is 8.13. The average molecular weight is 247 g/mol. The second-order valence-corrected chi connectivity index (χ2v) is 6.02. The number of hydrogen-bond acceptors (Lipinski definition) is 2. The van der Waals surface area contributed by atoms with E-state index in [2.05, 4.69) is 0 Å². The standard InChI is InChI=1S/C11H15ClO2S/c1-3-9(4-2)10-7-5-6-8-11(10)15(12,13)14/h5-9H,3-4H2,1-2H3. The summed E-state index contributed by atoms with van der Waals surface area (Å²) in [5.41, 5.74) is 0.831. The number of halogens is 1. The van der Waals surface area contributed by atoms with Gasteiger partial charge in [-0.05, 0) is 30.4 Å². The van der Waals surface area contributed by atoms with Crippen molar-refractivity contribution in [3.8, 4) is 0 Å². The first kappa shape index (κ1) is 12.5. The molecular formula is C11H15ClO2S. The lowest BCUT2D eigenvalue weighted by Gasteiger charge is -2.15. The third kappa shape index (κ3) is 2.95. The Kier molecular flexibility index (Phi) is 4.17. The summed E-state index contributed by atoms with van der Waals surface area (Å²) in [6.07, 6.45) is 1.83. The minimum absolute atomic E-state index is 0.250. The molecule has 4 heteroatoms. The molecular weight excluding hydrogens is 232 g/mol. The third-order valence-electron chi connectivity index (χ3n) is 2.61. The van der Waals surface area contributed by atoms with Gasteiger partial charge in [-0.2, -0.15) is 0 Å². The lowest BCUT2D eigenvalue weighted by molar-refractivity contribution is 0.598. The van der Waals surface area contributed by atoms with Gasteiger partial charge in [0, 0.05) is 10.7 Å². The van der Waals surface area contributed by atoms with Gasteiger partial charge >= 0.3 is 0 Å². The first-order valence-electron chi connectivity index (χ1n) is 5.04. The molecule has 15 heavy (non-hydrogen) atoms. The van der Waals surface area contributed by atoms with Gasteiger partial charge in [-0.3, -0.25) is 0 Å². The first-order valence-corrected chi connectivity index (χ1v) is 7.35. The summed E-state index contributed by atoms with van der Waals surface area (Å²) in [6.45, 7) is 4.09. The van der Waals surface area contributed by atoms with Crippen LogP contribution in [-0.2, 0) is 9.05 Å². The fourth-order valence-electron chi connectivity index (χ4n) is 1.77. The first-order chi connectivity index (χ1) is 7.00. The van der Waals surface area contributed by atoms with Gasteiger partial charge < -0.3 is 0 Å². The van der Waals surface area contributed by atoms with Crippen molar-refractivity contribution in [2.24, 2.45) is 0 Å². The summed E-state index contributed by atoms with van der Waals surface area (Å²) < 4.78 is 22.7. The molecule has 0 heterocycles. The summed E-state index contributed by atoms with van der Waals surface area (Å²) in [7, 11) is 1.77. The quantitative estimate of drug-likeness (QED) is 0.762. The van der Waals surface area contributed by atoms with Gasteiger partial charge in [-0.1, -0.05) is 32.0 Å². The van der Waals surface area contributed by atoms with Crippen LogP contribution in [0.25, 0.3) is 0 Å². The Hall–Kier alpha value is -0.540. The Morgan fingerprint density at radius 2 is 1.73 bits per heavy atom. The van der Waals surface area contributed by atoms with E-state index in [-0.39, 0.29) is 10.8 Å². The highest BCUT2D eigenvalue weighted by atomic mass is 35.7. The van der Waals surface area contributed by atoms with Crippen LogP contribution in [0.5, 0.6) is 0 Å². The van der Waals surface area contributed by atoms with E-state index in [0.29, 0.717) is 0 Å². The highest BCUT2D eigenvalue weighted by Crippen LogP contribution is 2.30. The largest absolute Gasteiger partial charge is 0.261 e. The van der Waals surface area contributed by atoms with Gasteiger partial charge in [-0.25, -0.2) is 8.42 Å². The smallest absolute Gasteiger partial charge is 0.207 e. The maximum atomic E-state index is 11.4. The van der Waals surface area contributed by atoms with Gasteiger partial charge in [0.25, 0.3) is 9.05 Å². The van der Waals surface area contributed by atoms with E-state index >= 15 is 0 Å². The number of benzene rings is 1. The van der Waals surface area contributed by atoms with Gasteiger partial charge in [0.05, 0.1) is 4.90 Å². The second kappa shape index (κ2) is 4.99. The van der Waals surface area contributed by atoms with Crippen LogP contribution in [0.15, 0.2) is 29.2 Å². The summed E-state index contributed by atoms with van der Waals surface area (Å²) in [5.74, 6) is 0.259. The van der Waals surface area contributed by atoms with Crippen molar-refractivity contribution >= 4 is 19.7 Å². The number of rotatable bonds is 4. The maximum Gasteiger partial charge on any atom is 0.261 e. The van der Waals surface area contributed by atoms with Crippen LogP contribution >= 0.6 is 10.7 Å². The molecule has 0 aliphatic rings. The van der Waals surface area contributed by atoms with E-state index in [1.165, 1.54) is 0 Å². The zero-order valence-electron chi connectivity index (χ0n) is 8.90. The Morgan fingerprint density at radius 3 is 2.20 bits per heavy atom. The molecule has 2 nitrogen and oxygen atoms in total. The van der Waals surface area contributed by atoms with Crippen molar-refractivity contribution in [2.45, 2.75) is 37.5 Å². The van der Waals surface area contributed by atoms with E-state index in [4.69, 9.17) is 10.7 Å². The molecule has 0 saturated heterocycles. The molecule has 0 aliphatic heterocycles. The molecule has 84 valence electrons. The van der Waals surface area contributed by atoms with Crippen LogP contribution in [0, 0.1) is 0 Å². The summed E-state index contributed by atoms with van der Waals surface area (Å²) in [6, 6.07) is 6.95. The van der Waals surface area contributed by atoms with E-state index in [1.807, 2.05) is 26.0 Å². The lowest BCUT2D eigenvalue weighted by Crippen LogP contribution is -2.03. The molecule has 0 amide bonds. The Morgan fingerprint density at radius 1 is 1.20 bits per heavy atom.